The Hall–Kier alpha value is -0.820. The zero-order chi connectivity index (χ0) is 41.2. The van der Waals surface area contributed by atoms with Gasteiger partial charge in [0.25, 0.3) is 0 Å². The molecular weight excluding hydrogens is 728 g/mol. The summed E-state index contributed by atoms with van der Waals surface area (Å²) in [6.07, 6.45) is -11.4. The fourth-order valence-corrected chi connectivity index (χ4v) is 13.5. The van der Waals surface area contributed by atoms with Crippen LogP contribution in [0.4, 0.5) is 0 Å². The fourth-order valence-electron chi connectivity index (χ4n) is 13.5. The molecule has 0 aromatic carbocycles. The monoisotopic (exact) mass is 798 g/mol. The van der Waals surface area contributed by atoms with E-state index in [0.29, 0.717) is 25.7 Å². The van der Waals surface area contributed by atoms with Gasteiger partial charge in [0.05, 0.1) is 36.6 Å². The summed E-state index contributed by atoms with van der Waals surface area (Å²) in [6, 6.07) is 0. The van der Waals surface area contributed by atoms with Crippen molar-refractivity contribution in [3.63, 3.8) is 0 Å². The van der Waals surface area contributed by atoms with Crippen LogP contribution in [0.3, 0.4) is 0 Å². The maximum atomic E-state index is 12.3. The number of rotatable bonds is 8. The molecular formula is C42H70O14. The van der Waals surface area contributed by atoms with Gasteiger partial charge in [-0.15, -0.1) is 0 Å². The Morgan fingerprint density at radius 3 is 2.09 bits per heavy atom. The van der Waals surface area contributed by atoms with Gasteiger partial charge in [0, 0.05) is 0 Å². The summed E-state index contributed by atoms with van der Waals surface area (Å²) in [7, 11) is 0. The second-order valence-electron chi connectivity index (χ2n) is 20.6. The van der Waals surface area contributed by atoms with E-state index >= 15 is 0 Å². The minimum absolute atomic E-state index is 0.0402. The van der Waals surface area contributed by atoms with Crippen LogP contribution in [-0.2, 0) is 23.7 Å². The first-order valence-corrected chi connectivity index (χ1v) is 21.0. The van der Waals surface area contributed by atoms with Crippen molar-refractivity contribution < 1.29 is 69.6 Å². The van der Waals surface area contributed by atoms with Crippen molar-refractivity contribution in [3.8, 4) is 0 Å². The Bertz CT molecular complexity index is 1470. The van der Waals surface area contributed by atoms with E-state index < -0.39 is 109 Å². The van der Waals surface area contributed by atoms with E-state index in [1.165, 1.54) is 6.92 Å². The lowest BCUT2D eigenvalue weighted by Crippen LogP contribution is -2.71. The first-order chi connectivity index (χ1) is 25.9. The SMILES string of the molecule is CC(=CC(O)C1OC1(C)C)C1CCC2(C)C1C(O)CC1C3(C)CCC(O)C(C)(C)C3C(OC3OC(CO)C(O)C(O)C3OC3OC(C)C(O)C(O)C3O)CC12C. The minimum Gasteiger partial charge on any atom is -0.394 e. The molecule has 0 radical (unpaired) electrons. The van der Waals surface area contributed by atoms with Gasteiger partial charge in [-0.3, -0.25) is 0 Å². The highest BCUT2D eigenvalue weighted by Crippen LogP contribution is 2.76. The molecule has 0 aromatic heterocycles. The van der Waals surface area contributed by atoms with Gasteiger partial charge in [-0.1, -0.05) is 46.3 Å². The van der Waals surface area contributed by atoms with Crippen LogP contribution in [0.1, 0.15) is 101 Å². The number of hydrogen-bond donors (Lipinski definition) is 9. The molecule has 0 bridgehead atoms. The minimum atomic E-state index is -1.70. The average molecular weight is 799 g/mol. The van der Waals surface area contributed by atoms with Gasteiger partial charge < -0.3 is 69.6 Å². The molecule has 3 saturated heterocycles. The molecule has 56 heavy (non-hydrogen) atoms. The summed E-state index contributed by atoms with van der Waals surface area (Å²) < 4.78 is 30.9. The standard InChI is InChI=1S/C42H70O14/c1-18(14-22(45)35-39(5,6)56-35)20-10-13-41(8)27(20)21(44)15-25-40(7)12-11-26(46)38(3,4)34(40)23(16-42(25,41)9)53-37-33(31(50)29(48)24(17-43)54-37)55-36-32(51)30(49)28(47)19(2)52-36/h14,19-37,43-51H,10-13,15-17H2,1-9H3. The van der Waals surface area contributed by atoms with E-state index in [1.54, 1.807) is 0 Å². The molecule has 9 N–H and O–H groups in total. The highest BCUT2D eigenvalue weighted by atomic mass is 16.8. The number of fused-ring (bicyclic) bond motifs is 5. The zero-order valence-electron chi connectivity index (χ0n) is 34.6. The van der Waals surface area contributed by atoms with Crippen molar-refractivity contribution in [2.45, 2.75) is 198 Å². The van der Waals surface area contributed by atoms with Gasteiger partial charge in [0.15, 0.2) is 12.6 Å². The van der Waals surface area contributed by atoms with Crippen molar-refractivity contribution >= 4 is 0 Å². The van der Waals surface area contributed by atoms with Gasteiger partial charge in [-0.05, 0) is 112 Å². The first kappa shape index (κ1) is 43.3. The van der Waals surface area contributed by atoms with Crippen LogP contribution in [0.2, 0.25) is 0 Å². The molecule has 0 aromatic rings. The number of hydrogen-bond acceptors (Lipinski definition) is 14. The summed E-state index contributed by atoms with van der Waals surface area (Å²) in [6.45, 7) is 17.8. The van der Waals surface area contributed by atoms with Crippen LogP contribution in [0.25, 0.3) is 0 Å². The van der Waals surface area contributed by atoms with Crippen molar-refractivity contribution in [3.05, 3.63) is 11.6 Å². The van der Waals surface area contributed by atoms with Crippen LogP contribution in [-0.4, -0.2) is 150 Å². The summed E-state index contributed by atoms with van der Waals surface area (Å²) in [5, 5.41) is 99.4. The third-order valence-corrected chi connectivity index (χ3v) is 16.9. The van der Waals surface area contributed by atoms with E-state index in [0.717, 1.165) is 18.4 Å². The Balaban J connectivity index is 1.25. The molecule has 22 unspecified atom stereocenters. The molecule has 322 valence electrons. The topological polar surface area (TPSA) is 232 Å². The second kappa shape index (κ2) is 14.7. The largest absolute Gasteiger partial charge is 0.394 e. The van der Waals surface area contributed by atoms with Crippen molar-refractivity contribution in [1.82, 2.24) is 0 Å². The normalized spacial score (nSPS) is 55.8. The predicted molar refractivity (Wildman–Crippen MR) is 200 cm³/mol. The molecule has 22 atom stereocenters. The van der Waals surface area contributed by atoms with E-state index in [4.69, 9.17) is 23.7 Å². The molecule has 7 fully saturated rings. The smallest absolute Gasteiger partial charge is 0.187 e. The van der Waals surface area contributed by atoms with E-state index in [2.05, 4.69) is 27.7 Å². The Morgan fingerprint density at radius 1 is 0.804 bits per heavy atom. The Labute approximate surface area is 331 Å². The summed E-state index contributed by atoms with van der Waals surface area (Å²) in [5.74, 6) is -0.281. The Morgan fingerprint density at radius 2 is 1.46 bits per heavy atom. The average Bonchev–Trinajstić information content (AvgIpc) is 3.60. The lowest BCUT2D eigenvalue weighted by atomic mass is 9.34. The summed E-state index contributed by atoms with van der Waals surface area (Å²) >= 11 is 0. The molecule has 0 spiro atoms. The van der Waals surface area contributed by atoms with Crippen LogP contribution < -0.4 is 0 Å². The summed E-state index contributed by atoms with van der Waals surface area (Å²) in [5.41, 5.74) is -1.19. The number of aliphatic hydroxyl groups excluding tert-OH is 9. The fraction of sp³-hybridized carbons (Fsp3) is 0.952. The highest BCUT2D eigenvalue weighted by Gasteiger charge is 2.73. The maximum Gasteiger partial charge on any atom is 0.187 e. The van der Waals surface area contributed by atoms with Gasteiger partial charge >= 0.3 is 0 Å². The van der Waals surface area contributed by atoms with E-state index in [1.807, 2.05) is 33.8 Å². The molecule has 7 rings (SSSR count). The van der Waals surface area contributed by atoms with Crippen molar-refractivity contribution in [2.75, 3.05) is 6.61 Å². The zero-order valence-corrected chi connectivity index (χ0v) is 34.6. The van der Waals surface area contributed by atoms with Gasteiger partial charge in [-0.25, -0.2) is 0 Å². The summed E-state index contributed by atoms with van der Waals surface area (Å²) in [4.78, 5) is 0. The Kier molecular flexibility index (Phi) is 11.3. The van der Waals surface area contributed by atoms with Crippen molar-refractivity contribution in [2.24, 2.45) is 45.3 Å². The molecule has 0 amide bonds. The predicted octanol–water partition coefficient (Wildman–Crippen LogP) is 1.13. The third-order valence-electron chi connectivity index (χ3n) is 16.9. The van der Waals surface area contributed by atoms with Gasteiger partial charge in [-0.2, -0.15) is 0 Å². The number of ether oxygens (including phenoxy) is 5. The quantitative estimate of drug-likeness (QED) is 0.0953. The van der Waals surface area contributed by atoms with Crippen LogP contribution in [0.5, 0.6) is 0 Å². The number of epoxide rings is 1. The molecule has 14 heteroatoms. The maximum absolute atomic E-state index is 12.3. The molecule has 3 heterocycles. The molecule has 4 saturated carbocycles. The van der Waals surface area contributed by atoms with Crippen LogP contribution in [0.15, 0.2) is 11.6 Å². The number of aliphatic hydroxyl groups is 9. The highest BCUT2D eigenvalue weighted by molar-refractivity contribution is 5.25. The third kappa shape index (κ3) is 6.59. The molecule has 4 aliphatic carbocycles. The van der Waals surface area contributed by atoms with Gasteiger partial charge in [0.2, 0.25) is 0 Å². The number of allylic oxidation sites excluding steroid dienone is 1. The molecule has 7 aliphatic rings. The van der Waals surface area contributed by atoms with E-state index in [-0.39, 0.29) is 40.8 Å². The first-order valence-electron chi connectivity index (χ1n) is 21.0. The van der Waals surface area contributed by atoms with Crippen LogP contribution in [0, 0.1) is 45.3 Å². The second-order valence-corrected chi connectivity index (χ2v) is 20.6. The molecule has 14 nitrogen and oxygen atoms in total. The van der Waals surface area contributed by atoms with Gasteiger partial charge in [0.1, 0.15) is 54.9 Å². The lowest BCUT2D eigenvalue weighted by molar-refractivity contribution is -0.381. The molecule has 3 aliphatic heterocycles. The van der Waals surface area contributed by atoms with Crippen LogP contribution >= 0.6 is 0 Å². The van der Waals surface area contributed by atoms with Crippen molar-refractivity contribution in [1.29, 1.82) is 0 Å². The van der Waals surface area contributed by atoms with E-state index in [9.17, 15) is 46.0 Å². The lowest BCUT2D eigenvalue weighted by Gasteiger charge is -2.72.